The van der Waals surface area contributed by atoms with Gasteiger partial charge in [-0.25, -0.2) is 8.42 Å². The molecule has 146 valence electrons. The SMILES string of the molecule is CCCCN(C)C(=O)C(CCC(=O)O)CS(=O)(=O)c1ccc(Cl)c(Cl)c1. The first-order valence-corrected chi connectivity index (χ1v) is 10.6. The molecule has 0 fully saturated rings. The first-order chi connectivity index (χ1) is 12.1. The van der Waals surface area contributed by atoms with Crippen molar-refractivity contribution in [1.29, 1.82) is 0 Å². The number of carbonyl (C=O) groups excluding carboxylic acids is 1. The van der Waals surface area contributed by atoms with E-state index in [4.69, 9.17) is 28.3 Å². The number of benzene rings is 1. The summed E-state index contributed by atoms with van der Waals surface area (Å²) < 4.78 is 25.3. The Morgan fingerprint density at radius 1 is 1.23 bits per heavy atom. The molecule has 1 unspecified atom stereocenters. The van der Waals surface area contributed by atoms with Gasteiger partial charge in [0.15, 0.2) is 9.84 Å². The predicted molar refractivity (Wildman–Crippen MR) is 101 cm³/mol. The highest BCUT2D eigenvalue weighted by Crippen LogP contribution is 2.27. The number of nitrogens with zero attached hydrogens (tertiary/aromatic N) is 1. The Balaban J connectivity index is 3.03. The van der Waals surface area contributed by atoms with Crippen molar-refractivity contribution in [3.8, 4) is 0 Å². The van der Waals surface area contributed by atoms with Crippen molar-refractivity contribution in [2.45, 2.75) is 37.5 Å². The maximum atomic E-state index is 12.7. The summed E-state index contributed by atoms with van der Waals surface area (Å²) in [7, 11) is -2.23. The molecule has 0 saturated carbocycles. The largest absolute Gasteiger partial charge is 0.481 e. The first kappa shape index (κ1) is 22.7. The van der Waals surface area contributed by atoms with Gasteiger partial charge in [-0.1, -0.05) is 36.5 Å². The van der Waals surface area contributed by atoms with Gasteiger partial charge in [0.05, 0.1) is 26.6 Å². The molecular weight excluding hydrogens is 401 g/mol. The van der Waals surface area contributed by atoms with Crippen molar-refractivity contribution in [3.05, 3.63) is 28.2 Å². The van der Waals surface area contributed by atoms with Crippen LogP contribution in [0.25, 0.3) is 0 Å². The van der Waals surface area contributed by atoms with Gasteiger partial charge in [-0.05, 0) is 31.0 Å². The van der Waals surface area contributed by atoms with Gasteiger partial charge < -0.3 is 10.0 Å². The van der Waals surface area contributed by atoms with Crippen LogP contribution in [0.2, 0.25) is 10.0 Å². The van der Waals surface area contributed by atoms with E-state index in [1.54, 1.807) is 7.05 Å². The number of carboxylic acid groups (broad SMARTS) is 1. The van der Waals surface area contributed by atoms with Crippen molar-refractivity contribution in [1.82, 2.24) is 4.90 Å². The fraction of sp³-hybridized carbons (Fsp3) is 0.529. The Morgan fingerprint density at radius 3 is 2.42 bits per heavy atom. The van der Waals surface area contributed by atoms with Crippen LogP contribution < -0.4 is 0 Å². The monoisotopic (exact) mass is 423 g/mol. The summed E-state index contributed by atoms with van der Waals surface area (Å²) in [6.45, 7) is 2.47. The number of unbranched alkanes of at least 4 members (excludes halogenated alkanes) is 1. The third-order valence-electron chi connectivity index (χ3n) is 3.95. The topological polar surface area (TPSA) is 91.8 Å². The molecule has 0 aliphatic carbocycles. The van der Waals surface area contributed by atoms with Gasteiger partial charge in [-0.3, -0.25) is 9.59 Å². The van der Waals surface area contributed by atoms with Crippen LogP contribution in [0, 0.1) is 5.92 Å². The normalized spacial score (nSPS) is 12.6. The van der Waals surface area contributed by atoms with Crippen LogP contribution in [0.5, 0.6) is 0 Å². The molecule has 0 spiro atoms. The summed E-state index contributed by atoms with van der Waals surface area (Å²) in [6, 6.07) is 3.93. The Labute approximate surface area is 164 Å². The molecule has 1 N–H and O–H groups in total. The predicted octanol–water partition coefficient (Wildman–Crippen LogP) is 3.51. The van der Waals surface area contributed by atoms with E-state index in [9.17, 15) is 18.0 Å². The molecule has 1 atom stereocenters. The summed E-state index contributed by atoms with van der Waals surface area (Å²) in [5.74, 6) is -2.87. The second kappa shape index (κ2) is 10.1. The van der Waals surface area contributed by atoms with Crippen molar-refractivity contribution < 1.29 is 23.1 Å². The number of halogens is 2. The molecule has 0 aromatic heterocycles. The summed E-state index contributed by atoms with van der Waals surface area (Å²) >= 11 is 11.7. The fourth-order valence-electron chi connectivity index (χ4n) is 2.42. The van der Waals surface area contributed by atoms with Crippen LogP contribution in [0.3, 0.4) is 0 Å². The molecule has 0 saturated heterocycles. The molecular formula is C17H23Cl2NO5S. The lowest BCUT2D eigenvalue weighted by Gasteiger charge is -2.23. The van der Waals surface area contributed by atoms with E-state index in [0.29, 0.717) is 6.54 Å². The lowest BCUT2D eigenvalue weighted by molar-refractivity contribution is -0.138. The number of carbonyl (C=O) groups is 2. The van der Waals surface area contributed by atoms with E-state index in [2.05, 4.69) is 0 Å². The number of amides is 1. The van der Waals surface area contributed by atoms with Crippen molar-refractivity contribution in [2.75, 3.05) is 19.3 Å². The standard InChI is InChI=1S/C17H23Cl2NO5S/c1-3-4-9-20(2)17(23)12(5-8-16(21)22)11-26(24,25)13-6-7-14(18)15(19)10-13/h6-7,10,12H,3-5,8-9,11H2,1-2H3,(H,21,22). The van der Waals surface area contributed by atoms with E-state index < -0.39 is 27.5 Å². The van der Waals surface area contributed by atoms with Gasteiger partial charge in [0.25, 0.3) is 0 Å². The number of aliphatic carboxylic acids is 1. The van der Waals surface area contributed by atoms with E-state index in [0.717, 1.165) is 12.8 Å². The third kappa shape index (κ3) is 6.78. The Morgan fingerprint density at radius 2 is 1.88 bits per heavy atom. The minimum absolute atomic E-state index is 0.0452. The number of rotatable bonds is 10. The lowest BCUT2D eigenvalue weighted by Crippen LogP contribution is -2.37. The maximum absolute atomic E-state index is 12.7. The van der Waals surface area contributed by atoms with Crippen LogP contribution in [-0.4, -0.2) is 49.6 Å². The lowest BCUT2D eigenvalue weighted by atomic mass is 10.0. The van der Waals surface area contributed by atoms with Gasteiger partial charge in [0, 0.05) is 20.0 Å². The zero-order valence-corrected chi connectivity index (χ0v) is 17.1. The number of sulfone groups is 1. The Hall–Kier alpha value is -1.31. The van der Waals surface area contributed by atoms with Gasteiger partial charge >= 0.3 is 5.97 Å². The van der Waals surface area contributed by atoms with Gasteiger partial charge in [0.2, 0.25) is 5.91 Å². The van der Waals surface area contributed by atoms with Crippen LogP contribution in [0.15, 0.2) is 23.1 Å². The first-order valence-electron chi connectivity index (χ1n) is 8.23. The molecule has 1 aromatic rings. The van der Waals surface area contributed by atoms with Crippen LogP contribution in [0.1, 0.15) is 32.6 Å². The molecule has 0 aliphatic rings. The van der Waals surface area contributed by atoms with E-state index in [1.165, 1.54) is 23.1 Å². The average Bonchev–Trinajstić information content (AvgIpc) is 2.57. The average molecular weight is 424 g/mol. The van der Waals surface area contributed by atoms with Crippen LogP contribution >= 0.6 is 23.2 Å². The highest BCUT2D eigenvalue weighted by molar-refractivity contribution is 7.91. The van der Waals surface area contributed by atoms with Gasteiger partial charge in [-0.15, -0.1) is 0 Å². The molecule has 1 amide bonds. The van der Waals surface area contributed by atoms with E-state index >= 15 is 0 Å². The van der Waals surface area contributed by atoms with E-state index in [1.807, 2.05) is 6.92 Å². The molecule has 1 aromatic carbocycles. The van der Waals surface area contributed by atoms with Crippen molar-refractivity contribution in [2.24, 2.45) is 5.92 Å². The summed E-state index contributed by atoms with van der Waals surface area (Å²) in [6.07, 6.45) is 1.34. The molecule has 0 bridgehead atoms. The summed E-state index contributed by atoms with van der Waals surface area (Å²) in [5.41, 5.74) is 0. The maximum Gasteiger partial charge on any atom is 0.303 e. The number of carboxylic acids is 1. The zero-order valence-electron chi connectivity index (χ0n) is 14.7. The highest BCUT2D eigenvalue weighted by atomic mass is 35.5. The van der Waals surface area contributed by atoms with Crippen molar-refractivity contribution >= 4 is 44.9 Å². The number of hydrogen-bond donors (Lipinski definition) is 1. The molecule has 6 nitrogen and oxygen atoms in total. The minimum atomic E-state index is -3.83. The third-order valence-corrected chi connectivity index (χ3v) is 6.50. The molecule has 1 rings (SSSR count). The fourth-order valence-corrected chi connectivity index (χ4v) is 4.39. The Kier molecular flexibility index (Phi) is 8.86. The van der Waals surface area contributed by atoms with Gasteiger partial charge in [-0.2, -0.15) is 0 Å². The molecule has 0 radical (unpaired) electrons. The molecule has 26 heavy (non-hydrogen) atoms. The van der Waals surface area contributed by atoms with Crippen LogP contribution in [-0.2, 0) is 19.4 Å². The number of hydrogen-bond acceptors (Lipinski definition) is 4. The molecule has 0 aliphatic heterocycles. The second-order valence-corrected chi connectivity index (χ2v) is 8.95. The summed E-state index contributed by atoms with van der Waals surface area (Å²) in [5, 5.41) is 9.22. The second-order valence-electron chi connectivity index (χ2n) is 6.10. The van der Waals surface area contributed by atoms with E-state index in [-0.39, 0.29) is 33.7 Å². The van der Waals surface area contributed by atoms with Crippen molar-refractivity contribution in [3.63, 3.8) is 0 Å². The van der Waals surface area contributed by atoms with Crippen LogP contribution in [0.4, 0.5) is 0 Å². The molecule has 9 heteroatoms. The zero-order chi connectivity index (χ0) is 19.9. The minimum Gasteiger partial charge on any atom is -0.481 e. The highest BCUT2D eigenvalue weighted by Gasteiger charge is 2.29. The van der Waals surface area contributed by atoms with Gasteiger partial charge in [0.1, 0.15) is 0 Å². The smallest absolute Gasteiger partial charge is 0.303 e. The summed E-state index contributed by atoms with van der Waals surface area (Å²) in [4.78, 5) is 24.9. The Bertz CT molecular complexity index is 752. The molecule has 0 heterocycles. The quantitative estimate of drug-likeness (QED) is 0.621.